The Balaban J connectivity index is 2.65. The number of aromatic nitrogens is 1. The van der Waals surface area contributed by atoms with Crippen LogP contribution in [-0.4, -0.2) is 4.98 Å². The number of hydrogen-bond acceptors (Lipinski definition) is 2. The van der Waals surface area contributed by atoms with Crippen LogP contribution in [0.15, 0.2) is 41.8 Å². The van der Waals surface area contributed by atoms with Gasteiger partial charge in [-0.3, -0.25) is 4.98 Å². The third-order valence-electron chi connectivity index (χ3n) is 2.39. The molecule has 0 saturated heterocycles. The highest BCUT2D eigenvalue weighted by molar-refractivity contribution is 5.85. The van der Waals surface area contributed by atoms with E-state index in [2.05, 4.69) is 15.0 Å². The molecule has 1 heterocycles. The standard InChI is InChI=1S/C11H10N4/c1-8(14-15-12)10-4-2-3-9-7-13-6-5-11(9)10/h2-8H,1H3/t8-/m0/s1. The van der Waals surface area contributed by atoms with Gasteiger partial charge in [-0.15, -0.1) is 0 Å². The van der Waals surface area contributed by atoms with E-state index in [-0.39, 0.29) is 6.04 Å². The van der Waals surface area contributed by atoms with E-state index in [0.717, 1.165) is 16.3 Å². The Morgan fingerprint density at radius 2 is 2.27 bits per heavy atom. The third kappa shape index (κ3) is 1.75. The van der Waals surface area contributed by atoms with Crippen LogP contribution < -0.4 is 0 Å². The molecule has 0 amide bonds. The van der Waals surface area contributed by atoms with Crippen LogP contribution in [0.5, 0.6) is 0 Å². The van der Waals surface area contributed by atoms with Gasteiger partial charge in [-0.2, -0.15) is 0 Å². The SMILES string of the molecule is C[C@H](N=[N+]=[N-])c1cccc2cnccc12. The molecule has 4 nitrogen and oxygen atoms in total. The fraction of sp³-hybridized carbons (Fsp3) is 0.182. The molecule has 0 spiro atoms. The fourth-order valence-electron chi connectivity index (χ4n) is 1.65. The first-order valence-corrected chi connectivity index (χ1v) is 4.70. The van der Waals surface area contributed by atoms with E-state index in [1.54, 1.807) is 6.20 Å². The minimum atomic E-state index is -0.152. The Labute approximate surface area is 87.2 Å². The van der Waals surface area contributed by atoms with E-state index in [1.165, 1.54) is 0 Å². The second kappa shape index (κ2) is 3.98. The Kier molecular flexibility index (Phi) is 2.52. The van der Waals surface area contributed by atoms with E-state index in [0.29, 0.717) is 0 Å². The number of fused-ring (bicyclic) bond motifs is 1. The summed E-state index contributed by atoms with van der Waals surface area (Å²) in [6.45, 7) is 1.88. The maximum Gasteiger partial charge on any atom is 0.0603 e. The molecule has 4 heteroatoms. The number of nitrogens with zero attached hydrogens (tertiary/aromatic N) is 4. The van der Waals surface area contributed by atoms with E-state index in [4.69, 9.17) is 5.53 Å². The molecular formula is C11H10N4. The molecule has 0 aliphatic heterocycles. The molecule has 0 saturated carbocycles. The topological polar surface area (TPSA) is 61.7 Å². The van der Waals surface area contributed by atoms with Crippen molar-refractivity contribution in [3.8, 4) is 0 Å². The van der Waals surface area contributed by atoms with Crippen LogP contribution in [0.1, 0.15) is 18.5 Å². The molecule has 1 aromatic carbocycles. The van der Waals surface area contributed by atoms with Crippen molar-refractivity contribution >= 4 is 10.8 Å². The van der Waals surface area contributed by atoms with Crippen LogP contribution >= 0.6 is 0 Å². The summed E-state index contributed by atoms with van der Waals surface area (Å²) in [6.07, 6.45) is 3.55. The Bertz CT molecular complexity index is 524. The molecule has 2 aromatic rings. The second-order valence-corrected chi connectivity index (χ2v) is 3.32. The predicted octanol–water partition coefficient (Wildman–Crippen LogP) is 3.61. The van der Waals surface area contributed by atoms with E-state index in [1.807, 2.05) is 37.4 Å². The van der Waals surface area contributed by atoms with Gasteiger partial charge >= 0.3 is 0 Å². The smallest absolute Gasteiger partial charge is 0.0603 e. The molecule has 1 atom stereocenters. The number of hydrogen-bond donors (Lipinski definition) is 0. The monoisotopic (exact) mass is 198 g/mol. The summed E-state index contributed by atoms with van der Waals surface area (Å²) in [6, 6.07) is 7.70. The van der Waals surface area contributed by atoms with E-state index < -0.39 is 0 Å². The zero-order valence-corrected chi connectivity index (χ0v) is 8.33. The van der Waals surface area contributed by atoms with Crippen LogP contribution in [0.2, 0.25) is 0 Å². The van der Waals surface area contributed by atoms with E-state index >= 15 is 0 Å². The summed E-state index contributed by atoms with van der Waals surface area (Å²) in [4.78, 5) is 6.88. The Morgan fingerprint density at radius 1 is 1.40 bits per heavy atom. The highest BCUT2D eigenvalue weighted by Crippen LogP contribution is 2.25. The van der Waals surface area contributed by atoms with Crippen LogP contribution in [-0.2, 0) is 0 Å². The average Bonchev–Trinajstić information content (AvgIpc) is 2.28. The lowest BCUT2D eigenvalue weighted by Crippen LogP contribution is -1.90. The van der Waals surface area contributed by atoms with Crippen LogP contribution in [0, 0.1) is 0 Å². The largest absolute Gasteiger partial charge is 0.264 e. The van der Waals surface area contributed by atoms with Crippen molar-refractivity contribution in [2.75, 3.05) is 0 Å². The molecule has 0 aliphatic rings. The van der Waals surface area contributed by atoms with Crippen molar-refractivity contribution in [3.05, 3.63) is 52.7 Å². The fourth-order valence-corrected chi connectivity index (χ4v) is 1.65. The van der Waals surface area contributed by atoms with Gasteiger partial charge in [0.1, 0.15) is 0 Å². The summed E-state index contributed by atoms with van der Waals surface area (Å²) in [5.74, 6) is 0. The molecule has 1 aromatic heterocycles. The van der Waals surface area contributed by atoms with Gasteiger partial charge in [0, 0.05) is 22.7 Å². The quantitative estimate of drug-likeness (QED) is 0.413. The molecule has 0 radical (unpaired) electrons. The van der Waals surface area contributed by atoms with Crippen molar-refractivity contribution in [1.82, 2.24) is 4.98 Å². The number of rotatable bonds is 2. The summed E-state index contributed by atoms with van der Waals surface area (Å²) in [5, 5.41) is 5.86. The van der Waals surface area contributed by atoms with Crippen molar-refractivity contribution in [2.45, 2.75) is 13.0 Å². The number of azide groups is 1. The van der Waals surface area contributed by atoms with E-state index in [9.17, 15) is 0 Å². The second-order valence-electron chi connectivity index (χ2n) is 3.32. The highest BCUT2D eigenvalue weighted by Gasteiger charge is 2.06. The molecule has 0 fully saturated rings. The Morgan fingerprint density at radius 3 is 3.07 bits per heavy atom. The first kappa shape index (κ1) is 9.49. The third-order valence-corrected chi connectivity index (χ3v) is 2.39. The molecule has 0 unspecified atom stereocenters. The van der Waals surface area contributed by atoms with Crippen LogP contribution in [0.3, 0.4) is 0 Å². The first-order chi connectivity index (χ1) is 7.33. The molecule has 74 valence electrons. The van der Waals surface area contributed by atoms with Gasteiger partial charge in [0.25, 0.3) is 0 Å². The Hall–Kier alpha value is -2.06. The van der Waals surface area contributed by atoms with Gasteiger partial charge in [0.2, 0.25) is 0 Å². The van der Waals surface area contributed by atoms with Crippen molar-refractivity contribution in [2.24, 2.45) is 5.11 Å². The van der Waals surface area contributed by atoms with Crippen molar-refractivity contribution < 1.29 is 0 Å². The number of pyridine rings is 1. The predicted molar refractivity (Wildman–Crippen MR) is 59.3 cm³/mol. The maximum atomic E-state index is 8.42. The lowest BCUT2D eigenvalue weighted by atomic mass is 10.0. The summed E-state index contributed by atoms with van der Waals surface area (Å²) in [5.41, 5.74) is 9.45. The zero-order valence-electron chi connectivity index (χ0n) is 8.33. The number of benzene rings is 1. The summed E-state index contributed by atoms with van der Waals surface area (Å²) < 4.78 is 0. The average molecular weight is 198 g/mol. The van der Waals surface area contributed by atoms with Gasteiger partial charge in [0.05, 0.1) is 6.04 Å². The summed E-state index contributed by atoms with van der Waals surface area (Å²) in [7, 11) is 0. The highest BCUT2D eigenvalue weighted by atomic mass is 15.1. The molecular weight excluding hydrogens is 188 g/mol. The van der Waals surface area contributed by atoms with Gasteiger partial charge in [-0.25, -0.2) is 0 Å². The molecule has 15 heavy (non-hydrogen) atoms. The van der Waals surface area contributed by atoms with Crippen LogP contribution in [0.4, 0.5) is 0 Å². The lowest BCUT2D eigenvalue weighted by Gasteiger charge is -2.08. The molecule has 0 N–H and O–H groups in total. The lowest BCUT2D eigenvalue weighted by molar-refractivity contribution is 0.815. The van der Waals surface area contributed by atoms with Crippen molar-refractivity contribution in [3.63, 3.8) is 0 Å². The van der Waals surface area contributed by atoms with Gasteiger partial charge in [-0.05, 0) is 22.5 Å². The van der Waals surface area contributed by atoms with Gasteiger partial charge in [0.15, 0.2) is 0 Å². The first-order valence-electron chi connectivity index (χ1n) is 4.70. The van der Waals surface area contributed by atoms with Crippen molar-refractivity contribution in [1.29, 1.82) is 0 Å². The van der Waals surface area contributed by atoms with Gasteiger partial charge in [-0.1, -0.05) is 30.2 Å². The minimum absolute atomic E-state index is 0.152. The maximum absolute atomic E-state index is 8.42. The van der Waals surface area contributed by atoms with Gasteiger partial charge < -0.3 is 0 Å². The normalized spacial score (nSPS) is 12.1. The molecule has 2 rings (SSSR count). The summed E-state index contributed by atoms with van der Waals surface area (Å²) >= 11 is 0. The minimum Gasteiger partial charge on any atom is -0.264 e. The van der Waals surface area contributed by atoms with Crippen LogP contribution in [0.25, 0.3) is 21.2 Å². The molecule has 0 bridgehead atoms. The molecule has 0 aliphatic carbocycles. The zero-order chi connectivity index (χ0) is 10.7.